The zero-order valence-corrected chi connectivity index (χ0v) is 39.9. The molecule has 0 aliphatic carbocycles. The first-order valence-corrected chi connectivity index (χ1v) is 30.2. The molecule has 4 fully saturated rings. The molecule has 308 valence electrons. The number of rotatable bonds is 6. The quantitative estimate of drug-likeness (QED) is 0.112. The van der Waals surface area contributed by atoms with Crippen LogP contribution in [0.3, 0.4) is 0 Å². The lowest BCUT2D eigenvalue weighted by Crippen LogP contribution is -2.21. The molecule has 5 nitrogen and oxygen atoms in total. The van der Waals surface area contributed by atoms with E-state index in [4.69, 9.17) is 14.6 Å². The van der Waals surface area contributed by atoms with Gasteiger partial charge in [0.25, 0.3) is 0 Å². The molecule has 13 heteroatoms. The smallest absolute Gasteiger partial charge is 0.308 e. The van der Waals surface area contributed by atoms with E-state index in [-0.39, 0.29) is 5.97 Å². The molecule has 0 unspecified atom stereocenters. The Morgan fingerprint density at radius 2 is 0.860 bits per heavy atom. The zero-order valence-electron chi connectivity index (χ0n) is 33.4. The second kappa shape index (κ2) is 26.0. The summed E-state index contributed by atoms with van der Waals surface area (Å²) in [5.41, 5.74) is 1.25. The van der Waals surface area contributed by atoms with E-state index in [1.165, 1.54) is 124 Å². The molecule has 4 heterocycles. The second-order valence-corrected chi connectivity index (χ2v) is 27.2. The highest BCUT2D eigenvalue weighted by Crippen LogP contribution is 2.28. The Labute approximate surface area is 370 Å². The van der Waals surface area contributed by atoms with Crippen molar-refractivity contribution in [2.24, 2.45) is 0 Å². The molecule has 8 rings (SSSR count). The number of phenolic OH excluding ortho intramolecular Hbond substituents is 2. The number of carbonyl (C=O) groups excluding carboxylic acids is 1. The number of benzene rings is 4. The van der Waals surface area contributed by atoms with E-state index >= 15 is 0 Å². The molecule has 4 aromatic carbocycles. The van der Waals surface area contributed by atoms with Crippen molar-refractivity contribution in [1.29, 1.82) is 0 Å². The number of thioether (sulfide) groups is 4. The minimum atomic E-state index is -0.260. The highest BCUT2D eigenvalue weighted by Gasteiger charge is 2.28. The van der Waals surface area contributed by atoms with Crippen molar-refractivity contribution in [2.75, 3.05) is 99.2 Å². The SMILES string of the molecule is CC(=O)Oc1ccc([S+]2CCSCC2)cc1.COc1ccc([S+]2CCSCC2)cc1.Cc1cc(O)ccc1[S+]1CCSCC1.Oc1ccc([S+]2CCSCC2)cc1. The number of ether oxygens (including phenoxy) is 2. The van der Waals surface area contributed by atoms with Crippen molar-refractivity contribution >= 4 is 96.6 Å². The normalized spacial score (nSPS) is 18.0. The van der Waals surface area contributed by atoms with Gasteiger partial charge in [0.15, 0.2) is 19.6 Å². The molecule has 0 atom stereocenters. The number of carbonyl (C=O) groups is 1. The van der Waals surface area contributed by atoms with Gasteiger partial charge in [-0.05, 0) is 97.9 Å². The fourth-order valence-electron chi connectivity index (χ4n) is 6.25. The molecule has 4 aliphatic heterocycles. The largest absolute Gasteiger partial charge is 0.508 e. The summed E-state index contributed by atoms with van der Waals surface area (Å²) in [5.74, 6) is 23.1. The van der Waals surface area contributed by atoms with Crippen LogP contribution in [0.5, 0.6) is 23.0 Å². The summed E-state index contributed by atoms with van der Waals surface area (Å²) in [6, 6.07) is 30.1. The number of esters is 1. The third-order valence-corrected chi connectivity index (χ3v) is 24.7. The van der Waals surface area contributed by atoms with E-state index in [1.54, 1.807) is 19.2 Å². The van der Waals surface area contributed by atoms with Crippen LogP contribution in [0.2, 0.25) is 0 Å². The summed E-state index contributed by atoms with van der Waals surface area (Å²) in [5, 5.41) is 18.5. The van der Waals surface area contributed by atoms with Gasteiger partial charge >= 0.3 is 5.97 Å². The molecule has 0 amide bonds. The summed E-state index contributed by atoms with van der Waals surface area (Å²) in [4.78, 5) is 16.6. The lowest BCUT2D eigenvalue weighted by atomic mass is 10.2. The summed E-state index contributed by atoms with van der Waals surface area (Å²) >= 11 is 8.24. The van der Waals surface area contributed by atoms with Crippen LogP contribution in [0.15, 0.2) is 111 Å². The van der Waals surface area contributed by atoms with E-state index in [9.17, 15) is 9.90 Å². The van der Waals surface area contributed by atoms with Gasteiger partial charge in [0.05, 0.1) is 7.11 Å². The Morgan fingerprint density at radius 3 is 1.23 bits per heavy atom. The van der Waals surface area contributed by atoms with Gasteiger partial charge in [0.1, 0.15) is 69.0 Å². The molecular formula is C44H58O5S8+4. The van der Waals surface area contributed by atoms with E-state index in [1.807, 2.05) is 36.0 Å². The number of aromatic hydroxyl groups is 2. The summed E-state index contributed by atoms with van der Waals surface area (Å²) in [6.45, 7) is 3.53. The van der Waals surface area contributed by atoms with Crippen molar-refractivity contribution in [3.05, 3.63) is 96.6 Å². The third kappa shape index (κ3) is 16.5. The van der Waals surface area contributed by atoms with Crippen LogP contribution < -0.4 is 9.47 Å². The van der Waals surface area contributed by atoms with Gasteiger partial charge in [-0.3, -0.25) is 4.79 Å². The van der Waals surface area contributed by atoms with E-state index in [0.717, 1.165) is 5.75 Å². The topological polar surface area (TPSA) is 76.0 Å². The van der Waals surface area contributed by atoms with Crippen molar-refractivity contribution in [3.63, 3.8) is 0 Å². The maximum Gasteiger partial charge on any atom is 0.308 e. The van der Waals surface area contributed by atoms with Gasteiger partial charge in [-0.15, -0.1) is 0 Å². The highest BCUT2D eigenvalue weighted by molar-refractivity contribution is 8.06. The van der Waals surface area contributed by atoms with Gasteiger partial charge in [0.2, 0.25) is 0 Å². The van der Waals surface area contributed by atoms with Crippen LogP contribution >= 0.6 is 47.0 Å². The minimum Gasteiger partial charge on any atom is -0.508 e. The molecule has 4 aromatic rings. The first kappa shape index (κ1) is 46.6. The Bertz CT molecular complexity index is 1740. The van der Waals surface area contributed by atoms with Crippen LogP contribution in [-0.2, 0) is 48.4 Å². The average molecular weight is 923 g/mol. The van der Waals surface area contributed by atoms with Gasteiger partial charge in [-0.1, -0.05) is 0 Å². The molecular weight excluding hydrogens is 865 g/mol. The van der Waals surface area contributed by atoms with Crippen LogP contribution in [0.4, 0.5) is 0 Å². The summed E-state index contributed by atoms with van der Waals surface area (Å²) < 4.78 is 10.2. The molecule has 2 N–H and O–H groups in total. The van der Waals surface area contributed by atoms with Crippen molar-refractivity contribution in [2.45, 2.75) is 33.4 Å². The molecule has 0 radical (unpaired) electrons. The molecule has 0 bridgehead atoms. The molecule has 57 heavy (non-hydrogen) atoms. The predicted octanol–water partition coefficient (Wildman–Crippen LogP) is 9.30. The fourth-order valence-corrected chi connectivity index (χ4v) is 22.3. The van der Waals surface area contributed by atoms with Crippen LogP contribution in [0.25, 0.3) is 0 Å². The minimum absolute atomic E-state index is 0.260. The Hall–Kier alpha value is -1.45. The Kier molecular flexibility index (Phi) is 21.3. The van der Waals surface area contributed by atoms with Crippen molar-refractivity contribution in [3.8, 4) is 23.0 Å². The molecule has 4 saturated heterocycles. The number of hydrogen-bond acceptors (Lipinski definition) is 9. The van der Waals surface area contributed by atoms with Crippen LogP contribution in [-0.4, -0.2) is 115 Å². The van der Waals surface area contributed by atoms with Crippen LogP contribution in [0.1, 0.15) is 12.5 Å². The summed E-state index contributed by atoms with van der Waals surface area (Å²) in [7, 11) is 3.52. The van der Waals surface area contributed by atoms with Crippen molar-refractivity contribution in [1.82, 2.24) is 0 Å². The van der Waals surface area contributed by atoms with Crippen LogP contribution in [0, 0.1) is 6.92 Å². The second-order valence-electron chi connectivity index (χ2n) is 13.2. The highest BCUT2D eigenvalue weighted by atomic mass is 32.2. The monoisotopic (exact) mass is 922 g/mol. The first-order chi connectivity index (χ1) is 27.8. The number of phenols is 2. The van der Waals surface area contributed by atoms with Gasteiger partial charge in [-0.2, -0.15) is 47.0 Å². The maximum atomic E-state index is 10.8. The molecule has 0 saturated carbocycles. The van der Waals surface area contributed by atoms with E-state index in [0.29, 0.717) is 60.8 Å². The number of hydrogen-bond donors (Lipinski definition) is 2. The summed E-state index contributed by atoms with van der Waals surface area (Å²) in [6.07, 6.45) is 0. The van der Waals surface area contributed by atoms with Gasteiger partial charge in [-0.25, -0.2) is 0 Å². The lowest BCUT2D eigenvalue weighted by molar-refractivity contribution is -0.131. The van der Waals surface area contributed by atoms with Gasteiger partial charge in [0, 0.05) is 102 Å². The average Bonchev–Trinajstić information content (AvgIpc) is 3.26. The maximum absolute atomic E-state index is 10.8. The Balaban J connectivity index is 0.000000145. The number of methoxy groups -OCH3 is 1. The number of aryl methyl sites for hydroxylation is 1. The van der Waals surface area contributed by atoms with E-state index < -0.39 is 0 Å². The Morgan fingerprint density at radius 1 is 0.509 bits per heavy atom. The lowest BCUT2D eigenvalue weighted by Gasteiger charge is -2.14. The zero-order chi connectivity index (χ0) is 40.2. The predicted molar refractivity (Wildman–Crippen MR) is 262 cm³/mol. The fraction of sp³-hybridized carbons (Fsp3) is 0.432. The molecule has 0 spiro atoms. The molecule has 0 aromatic heterocycles. The van der Waals surface area contributed by atoms with Crippen molar-refractivity contribution < 1.29 is 24.5 Å². The standard InChI is InChI=1S/C12H15O2S2.C11H15OS2.C11H14OS2.C10H12OS2/c1-10(13)14-11-2-4-12(5-3-11)16-8-6-15-7-9-16;1-12-10-2-4-11(5-3-10)14-8-6-13-7-9-14;1-9-8-10(12)2-3-11(9)14-6-4-13-5-7-14;11-9-1-3-10(4-2-9)13-7-5-12-6-8-13/h2-5H,6-9H2,1H3;2-5H,6-9H2,1H3;2-3,8H,4-7H2,1H3;1-4H,5-8H2/q2*+1;;/p+2. The first-order valence-electron chi connectivity index (χ1n) is 19.3. The molecule has 4 aliphatic rings. The van der Waals surface area contributed by atoms with E-state index in [2.05, 4.69) is 96.8 Å². The van der Waals surface area contributed by atoms with Gasteiger partial charge < -0.3 is 19.7 Å². The third-order valence-electron chi connectivity index (χ3n) is 9.24.